The second kappa shape index (κ2) is 10.5. The Kier molecular flexibility index (Phi) is 7.62. The minimum atomic E-state index is -3.76. The maximum atomic E-state index is 13.3. The first kappa shape index (κ1) is 26.1. The van der Waals surface area contributed by atoms with E-state index in [9.17, 15) is 18.0 Å². The largest absolute Gasteiger partial charge is 0.497 e. The first-order valence-corrected chi connectivity index (χ1v) is 13.8. The number of ether oxygens (including phenoxy) is 2. The van der Waals surface area contributed by atoms with E-state index in [1.165, 1.54) is 42.0 Å². The highest BCUT2D eigenvalue weighted by atomic mass is 32.2. The van der Waals surface area contributed by atoms with Crippen LogP contribution in [0.2, 0.25) is 0 Å². The highest BCUT2D eigenvalue weighted by molar-refractivity contribution is 7.89. The van der Waals surface area contributed by atoms with Crippen molar-refractivity contribution in [3.8, 4) is 5.75 Å². The molecule has 1 aliphatic heterocycles. The van der Waals surface area contributed by atoms with E-state index in [-0.39, 0.29) is 18.0 Å². The number of rotatable bonds is 6. The topological polar surface area (TPSA) is 107 Å². The van der Waals surface area contributed by atoms with E-state index < -0.39 is 27.8 Å². The van der Waals surface area contributed by atoms with Crippen molar-refractivity contribution in [1.29, 1.82) is 0 Å². The first-order chi connectivity index (χ1) is 17.1. The number of piperidine rings is 1. The normalized spacial score (nSPS) is 17.3. The zero-order chi connectivity index (χ0) is 26.0. The Balaban J connectivity index is 1.65. The van der Waals surface area contributed by atoms with Crippen LogP contribution in [0.5, 0.6) is 5.75 Å². The summed E-state index contributed by atoms with van der Waals surface area (Å²) >= 11 is 1.33. The summed E-state index contributed by atoms with van der Waals surface area (Å²) in [6.07, 6.45) is 1.09. The Morgan fingerprint density at radius 3 is 2.53 bits per heavy atom. The van der Waals surface area contributed by atoms with Crippen LogP contribution in [0.1, 0.15) is 24.0 Å². The molecule has 1 unspecified atom stereocenters. The molecule has 1 amide bonds. The predicted octanol–water partition coefficient (Wildman–Crippen LogP) is 3.03. The lowest BCUT2D eigenvalue weighted by Gasteiger charge is -2.30. The van der Waals surface area contributed by atoms with Gasteiger partial charge in [-0.1, -0.05) is 17.4 Å². The summed E-state index contributed by atoms with van der Waals surface area (Å²) in [4.78, 5) is 30.3. The van der Waals surface area contributed by atoms with Gasteiger partial charge in [-0.15, -0.1) is 0 Å². The molecule has 11 heteroatoms. The van der Waals surface area contributed by atoms with E-state index in [1.54, 1.807) is 16.7 Å². The van der Waals surface area contributed by atoms with Gasteiger partial charge in [0, 0.05) is 13.1 Å². The van der Waals surface area contributed by atoms with Crippen LogP contribution in [-0.2, 0) is 30.9 Å². The Hall–Kier alpha value is -3.02. The molecule has 1 saturated heterocycles. The van der Waals surface area contributed by atoms with Crippen LogP contribution in [0, 0.1) is 19.8 Å². The molecule has 0 spiro atoms. The van der Waals surface area contributed by atoms with Crippen LogP contribution >= 0.6 is 11.3 Å². The third-order valence-corrected chi connectivity index (χ3v) is 9.37. The molecule has 2 heterocycles. The number of carbonyl (C=O) groups excluding carboxylic acids is 2. The molecule has 0 aliphatic carbocycles. The molecule has 2 aromatic carbocycles. The number of sulfonamides is 1. The minimum Gasteiger partial charge on any atom is -0.497 e. The number of methoxy groups -OCH3 is 2. The lowest BCUT2D eigenvalue weighted by atomic mass is 9.99. The van der Waals surface area contributed by atoms with Gasteiger partial charge in [0.25, 0.3) is 5.91 Å². The molecule has 0 bridgehead atoms. The van der Waals surface area contributed by atoms with Crippen molar-refractivity contribution in [2.24, 2.45) is 10.9 Å². The Labute approximate surface area is 214 Å². The van der Waals surface area contributed by atoms with Crippen molar-refractivity contribution in [3.63, 3.8) is 0 Å². The quantitative estimate of drug-likeness (QED) is 0.453. The summed E-state index contributed by atoms with van der Waals surface area (Å²) in [5.74, 6) is -0.860. The summed E-state index contributed by atoms with van der Waals surface area (Å²) < 4.78 is 40.3. The van der Waals surface area contributed by atoms with E-state index in [0.29, 0.717) is 29.9 Å². The van der Waals surface area contributed by atoms with Gasteiger partial charge in [-0.3, -0.25) is 9.59 Å². The average Bonchev–Trinajstić information content (AvgIpc) is 3.20. The van der Waals surface area contributed by atoms with Gasteiger partial charge >= 0.3 is 5.97 Å². The van der Waals surface area contributed by atoms with E-state index in [4.69, 9.17) is 9.47 Å². The summed E-state index contributed by atoms with van der Waals surface area (Å²) in [5, 5.41) is 0. The standard InChI is InChI=1S/C25H29N3O6S2/c1-16-12-17(2)23-21(13-16)28(15-22(29)34-4)25(35-23)26-24(30)18-6-5-11-27(14-18)36(31,32)20-9-7-19(33-3)8-10-20/h7-10,12-13,18H,5-6,11,14-15H2,1-4H3. The van der Waals surface area contributed by atoms with Gasteiger partial charge in [0.1, 0.15) is 12.3 Å². The molecule has 36 heavy (non-hydrogen) atoms. The van der Waals surface area contributed by atoms with Gasteiger partial charge in [-0.2, -0.15) is 9.30 Å². The van der Waals surface area contributed by atoms with Crippen molar-refractivity contribution in [1.82, 2.24) is 8.87 Å². The van der Waals surface area contributed by atoms with Crippen molar-refractivity contribution in [2.45, 2.75) is 38.1 Å². The fourth-order valence-corrected chi connectivity index (χ4v) is 7.00. The molecule has 0 N–H and O–H groups in total. The number of aromatic nitrogens is 1. The van der Waals surface area contributed by atoms with Gasteiger partial charge in [0.2, 0.25) is 10.0 Å². The number of amides is 1. The lowest BCUT2D eigenvalue weighted by molar-refractivity contribution is -0.141. The van der Waals surface area contributed by atoms with Gasteiger partial charge in [0.15, 0.2) is 4.80 Å². The minimum absolute atomic E-state index is 0.0523. The molecule has 192 valence electrons. The smallest absolute Gasteiger partial charge is 0.325 e. The molecule has 0 saturated carbocycles. The number of esters is 1. The highest BCUT2D eigenvalue weighted by Crippen LogP contribution is 2.27. The number of hydrogen-bond acceptors (Lipinski definition) is 7. The van der Waals surface area contributed by atoms with Gasteiger partial charge < -0.3 is 14.0 Å². The first-order valence-electron chi connectivity index (χ1n) is 11.5. The Morgan fingerprint density at radius 1 is 1.14 bits per heavy atom. The van der Waals surface area contributed by atoms with Crippen molar-refractivity contribution in [2.75, 3.05) is 27.3 Å². The summed E-state index contributed by atoms with van der Waals surface area (Å²) in [7, 11) is -0.934. The van der Waals surface area contributed by atoms with Crippen LogP contribution in [-0.4, -0.2) is 56.5 Å². The fourth-order valence-electron chi connectivity index (χ4n) is 4.39. The van der Waals surface area contributed by atoms with Gasteiger partial charge in [-0.25, -0.2) is 8.42 Å². The van der Waals surface area contributed by atoms with Crippen LogP contribution in [0.25, 0.3) is 10.2 Å². The van der Waals surface area contributed by atoms with Crippen LogP contribution < -0.4 is 9.54 Å². The molecular formula is C25H29N3O6S2. The number of hydrogen-bond donors (Lipinski definition) is 0. The second-order valence-corrected chi connectivity index (χ2v) is 11.7. The predicted molar refractivity (Wildman–Crippen MR) is 136 cm³/mol. The zero-order valence-corrected chi connectivity index (χ0v) is 22.3. The van der Waals surface area contributed by atoms with E-state index in [1.807, 2.05) is 26.0 Å². The highest BCUT2D eigenvalue weighted by Gasteiger charge is 2.33. The molecule has 1 aliphatic rings. The molecule has 1 aromatic heterocycles. The van der Waals surface area contributed by atoms with Crippen molar-refractivity contribution >= 4 is 43.5 Å². The number of benzene rings is 2. The molecule has 1 atom stereocenters. The molecule has 4 rings (SSSR count). The number of thiazole rings is 1. The monoisotopic (exact) mass is 531 g/mol. The SMILES string of the molecule is COC(=O)Cn1c(=NC(=O)C2CCCN(S(=O)(=O)c3ccc(OC)cc3)C2)sc2c(C)cc(C)cc21. The average molecular weight is 532 g/mol. The molecule has 1 fully saturated rings. The van der Waals surface area contributed by atoms with Gasteiger partial charge in [-0.05, 0) is 68.1 Å². The number of carbonyl (C=O) groups is 2. The van der Waals surface area contributed by atoms with Crippen molar-refractivity contribution in [3.05, 3.63) is 52.3 Å². The molecule has 0 radical (unpaired) electrons. The molecular weight excluding hydrogens is 502 g/mol. The summed E-state index contributed by atoms with van der Waals surface area (Å²) in [6.45, 7) is 4.25. The number of fused-ring (bicyclic) bond motifs is 1. The third kappa shape index (κ3) is 5.23. The maximum Gasteiger partial charge on any atom is 0.325 e. The summed E-state index contributed by atoms with van der Waals surface area (Å²) in [5.41, 5.74) is 2.86. The zero-order valence-electron chi connectivity index (χ0n) is 20.7. The van der Waals surface area contributed by atoms with Gasteiger partial charge in [0.05, 0.1) is 35.2 Å². The third-order valence-electron chi connectivity index (χ3n) is 6.27. The van der Waals surface area contributed by atoms with E-state index in [2.05, 4.69) is 4.99 Å². The van der Waals surface area contributed by atoms with Crippen LogP contribution in [0.15, 0.2) is 46.3 Å². The maximum absolute atomic E-state index is 13.3. The van der Waals surface area contributed by atoms with Crippen LogP contribution in [0.4, 0.5) is 0 Å². The lowest BCUT2D eigenvalue weighted by Crippen LogP contribution is -2.42. The summed E-state index contributed by atoms with van der Waals surface area (Å²) in [6, 6.07) is 10.2. The number of aryl methyl sites for hydroxylation is 2. The van der Waals surface area contributed by atoms with Crippen LogP contribution in [0.3, 0.4) is 0 Å². The Morgan fingerprint density at radius 2 is 1.86 bits per heavy atom. The van der Waals surface area contributed by atoms with E-state index in [0.717, 1.165) is 21.3 Å². The van der Waals surface area contributed by atoms with Crippen molar-refractivity contribution < 1.29 is 27.5 Å². The fraction of sp³-hybridized carbons (Fsp3) is 0.400. The second-order valence-electron chi connectivity index (χ2n) is 8.80. The Bertz CT molecular complexity index is 1470. The molecule has 9 nitrogen and oxygen atoms in total. The number of nitrogens with zero attached hydrogens (tertiary/aromatic N) is 3. The molecule has 3 aromatic rings. The van der Waals surface area contributed by atoms with E-state index >= 15 is 0 Å².